The predicted molar refractivity (Wildman–Crippen MR) is 168 cm³/mol. The number of carbonyl (C=O) groups excluding carboxylic acids is 1. The van der Waals surface area contributed by atoms with Gasteiger partial charge in [0, 0.05) is 38.3 Å². The third-order valence-electron chi connectivity index (χ3n) is 8.29. The van der Waals surface area contributed by atoms with Crippen molar-refractivity contribution in [1.82, 2.24) is 9.55 Å². The molecule has 4 aromatic carbocycles. The van der Waals surface area contributed by atoms with Gasteiger partial charge in [0.15, 0.2) is 0 Å². The highest BCUT2D eigenvalue weighted by atomic mass is 16.5. The first-order valence-electron chi connectivity index (χ1n) is 14.4. The summed E-state index contributed by atoms with van der Waals surface area (Å²) < 4.78 is 7.36. The van der Waals surface area contributed by atoms with Crippen molar-refractivity contribution in [1.29, 1.82) is 0 Å². The number of hydrogen-bond donors (Lipinski definition) is 0. The van der Waals surface area contributed by atoms with E-state index in [0.717, 1.165) is 30.0 Å². The number of amides is 1. The van der Waals surface area contributed by atoms with Crippen LogP contribution in [-0.2, 0) is 28.0 Å². The number of rotatable bonds is 10. The molecule has 0 fully saturated rings. The minimum Gasteiger partial charge on any atom is -0.384 e. The highest BCUT2D eigenvalue weighted by Gasteiger charge is 2.38. The Morgan fingerprint density at radius 2 is 1.48 bits per heavy atom. The molecular weight excluding hydrogens is 520 g/mol. The second-order valence-corrected chi connectivity index (χ2v) is 10.8. The molecule has 42 heavy (non-hydrogen) atoms. The lowest BCUT2D eigenvalue weighted by molar-refractivity contribution is -0.119. The van der Waals surface area contributed by atoms with Crippen molar-refractivity contribution in [3.05, 3.63) is 150 Å². The Balaban J connectivity index is 1.36. The van der Waals surface area contributed by atoms with Gasteiger partial charge in [0.2, 0.25) is 5.91 Å². The van der Waals surface area contributed by atoms with Crippen LogP contribution in [0, 0.1) is 0 Å². The highest BCUT2D eigenvalue weighted by molar-refractivity contribution is 5.93. The molecule has 6 rings (SSSR count). The Labute approximate surface area is 247 Å². The van der Waals surface area contributed by atoms with Gasteiger partial charge >= 0.3 is 0 Å². The molecule has 0 atom stereocenters. The number of anilines is 2. The number of hydrogen-bond acceptors (Lipinski definition) is 4. The van der Waals surface area contributed by atoms with Crippen molar-refractivity contribution >= 4 is 17.3 Å². The van der Waals surface area contributed by atoms with Crippen molar-refractivity contribution in [3.8, 4) is 0 Å². The lowest BCUT2D eigenvalue weighted by atomic mass is 9.77. The molecule has 0 bridgehead atoms. The molecule has 0 radical (unpaired) electrons. The number of benzene rings is 4. The number of imidazole rings is 1. The van der Waals surface area contributed by atoms with E-state index in [-0.39, 0.29) is 5.91 Å². The SMILES string of the molecule is COCCC(=O)N(C)c1ccc2c(c1)N(Cc1cn(C(c3ccccc3)(c3ccccc3)c3ccccc3)cn1)CC2. The van der Waals surface area contributed by atoms with Gasteiger partial charge in [-0.3, -0.25) is 4.79 Å². The third-order valence-corrected chi connectivity index (χ3v) is 8.29. The van der Waals surface area contributed by atoms with Gasteiger partial charge in [0.1, 0.15) is 5.54 Å². The number of methoxy groups -OCH3 is 1. The molecule has 1 aliphatic rings. The number of carbonyl (C=O) groups is 1. The van der Waals surface area contributed by atoms with Crippen LogP contribution >= 0.6 is 0 Å². The van der Waals surface area contributed by atoms with Gasteiger partial charge in [-0.1, -0.05) is 97.1 Å². The summed E-state index contributed by atoms with van der Waals surface area (Å²) in [5.74, 6) is 0.0409. The van der Waals surface area contributed by atoms with Gasteiger partial charge in [0.05, 0.1) is 31.6 Å². The molecule has 6 nitrogen and oxygen atoms in total. The van der Waals surface area contributed by atoms with Crippen LogP contribution in [0.2, 0.25) is 0 Å². The Morgan fingerprint density at radius 3 is 2.05 bits per heavy atom. The molecular formula is C36H36N4O2. The van der Waals surface area contributed by atoms with Crippen LogP contribution in [0.3, 0.4) is 0 Å². The maximum atomic E-state index is 12.6. The third kappa shape index (κ3) is 5.10. The van der Waals surface area contributed by atoms with Crippen LogP contribution in [0.25, 0.3) is 0 Å². The standard InChI is InChI=1S/C36H36N4O2/c1-38(35(41)21-23-42-2)33-19-18-28-20-22-39(34(28)24-33)25-32-26-40(27-37-32)36(29-12-6-3-7-13-29,30-14-8-4-9-15-30)31-16-10-5-11-17-31/h3-19,24,26-27H,20-23,25H2,1-2H3. The Hall–Kier alpha value is -4.68. The molecule has 2 heterocycles. The van der Waals surface area contributed by atoms with Crippen molar-refractivity contribution in [2.24, 2.45) is 0 Å². The first-order valence-corrected chi connectivity index (χ1v) is 14.4. The number of fused-ring (bicyclic) bond motifs is 1. The fourth-order valence-corrected chi connectivity index (χ4v) is 6.12. The van der Waals surface area contributed by atoms with E-state index in [1.54, 1.807) is 12.0 Å². The van der Waals surface area contributed by atoms with E-state index in [0.29, 0.717) is 19.6 Å². The van der Waals surface area contributed by atoms with Crippen molar-refractivity contribution in [3.63, 3.8) is 0 Å². The largest absolute Gasteiger partial charge is 0.384 e. The van der Waals surface area contributed by atoms with Gasteiger partial charge in [0.25, 0.3) is 0 Å². The zero-order valence-corrected chi connectivity index (χ0v) is 24.2. The summed E-state index contributed by atoms with van der Waals surface area (Å²) in [6.45, 7) is 2.01. The lowest BCUT2D eigenvalue weighted by Crippen LogP contribution is -2.37. The molecule has 5 aromatic rings. The summed E-state index contributed by atoms with van der Waals surface area (Å²) in [5, 5.41) is 0. The summed E-state index contributed by atoms with van der Waals surface area (Å²) in [4.78, 5) is 21.7. The van der Waals surface area contributed by atoms with Crippen LogP contribution < -0.4 is 9.80 Å². The second-order valence-electron chi connectivity index (χ2n) is 10.8. The fourth-order valence-electron chi connectivity index (χ4n) is 6.12. The smallest absolute Gasteiger partial charge is 0.229 e. The molecule has 6 heteroatoms. The number of nitrogens with zero attached hydrogens (tertiary/aromatic N) is 4. The molecule has 0 aliphatic carbocycles. The molecule has 212 valence electrons. The predicted octanol–water partition coefficient (Wildman–Crippen LogP) is 6.29. The molecule has 0 saturated carbocycles. The Kier molecular flexibility index (Phi) is 7.89. The molecule has 0 saturated heterocycles. The normalized spacial score (nSPS) is 12.8. The topological polar surface area (TPSA) is 50.6 Å². The zero-order chi connectivity index (χ0) is 28.9. The van der Waals surface area contributed by atoms with E-state index in [2.05, 4.69) is 119 Å². The summed E-state index contributed by atoms with van der Waals surface area (Å²) >= 11 is 0. The van der Waals surface area contributed by atoms with Gasteiger partial charge < -0.3 is 19.1 Å². The molecule has 0 N–H and O–H groups in total. The van der Waals surface area contributed by atoms with Crippen LogP contribution in [0.4, 0.5) is 11.4 Å². The molecule has 0 unspecified atom stereocenters. The van der Waals surface area contributed by atoms with E-state index in [4.69, 9.17) is 9.72 Å². The highest BCUT2D eigenvalue weighted by Crippen LogP contribution is 2.41. The first kappa shape index (κ1) is 27.5. The zero-order valence-electron chi connectivity index (χ0n) is 24.2. The average Bonchev–Trinajstić information content (AvgIpc) is 3.69. The van der Waals surface area contributed by atoms with E-state index in [9.17, 15) is 4.79 Å². The van der Waals surface area contributed by atoms with Crippen LogP contribution in [0.1, 0.15) is 34.4 Å². The van der Waals surface area contributed by atoms with E-state index in [1.807, 2.05) is 19.4 Å². The number of ether oxygens (including phenoxy) is 1. The minimum atomic E-state index is -0.587. The lowest BCUT2D eigenvalue weighted by Gasteiger charge is -2.37. The fraction of sp³-hybridized carbons (Fsp3) is 0.222. The van der Waals surface area contributed by atoms with E-state index in [1.165, 1.54) is 22.3 Å². The van der Waals surface area contributed by atoms with Crippen LogP contribution in [0.15, 0.2) is 122 Å². The Morgan fingerprint density at radius 1 is 0.881 bits per heavy atom. The maximum absolute atomic E-state index is 12.6. The molecule has 1 aromatic heterocycles. The summed E-state index contributed by atoms with van der Waals surface area (Å²) in [6, 6.07) is 38.3. The molecule has 0 spiro atoms. The maximum Gasteiger partial charge on any atom is 0.229 e. The van der Waals surface area contributed by atoms with Gasteiger partial charge in [-0.25, -0.2) is 4.98 Å². The monoisotopic (exact) mass is 556 g/mol. The summed E-state index contributed by atoms with van der Waals surface area (Å²) in [6.07, 6.45) is 5.49. The Bertz CT molecular complexity index is 1540. The first-order chi connectivity index (χ1) is 20.6. The quantitative estimate of drug-likeness (QED) is 0.190. The average molecular weight is 557 g/mol. The van der Waals surface area contributed by atoms with Gasteiger partial charge in [-0.05, 0) is 40.8 Å². The molecule has 1 amide bonds. The van der Waals surface area contributed by atoms with Gasteiger partial charge in [-0.15, -0.1) is 0 Å². The second kappa shape index (κ2) is 12.0. The van der Waals surface area contributed by atoms with Crippen molar-refractivity contribution < 1.29 is 9.53 Å². The van der Waals surface area contributed by atoms with Crippen molar-refractivity contribution in [2.45, 2.75) is 24.9 Å². The number of aromatic nitrogens is 2. The van der Waals surface area contributed by atoms with E-state index < -0.39 is 5.54 Å². The summed E-state index contributed by atoms with van der Waals surface area (Å²) in [5.41, 5.74) is 7.26. The summed E-state index contributed by atoms with van der Waals surface area (Å²) in [7, 11) is 3.45. The van der Waals surface area contributed by atoms with Crippen LogP contribution in [0.5, 0.6) is 0 Å². The van der Waals surface area contributed by atoms with E-state index >= 15 is 0 Å². The van der Waals surface area contributed by atoms with Crippen LogP contribution in [-0.4, -0.2) is 42.8 Å². The van der Waals surface area contributed by atoms with Gasteiger partial charge in [-0.2, -0.15) is 0 Å². The van der Waals surface area contributed by atoms with Crippen molar-refractivity contribution in [2.75, 3.05) is 37.1 Å². The minimum absolute atomic E-state index is 0.0409. The molecule has 1 aliphatic heterocycles.